The van der Waals surface area contributed by atoms with E-state index in [0.29, 0.717) is 21.9 Å². The Kier molecular flexibility index (Phi) is 3.02. The minimum Gasteiger partial charge on any atom is -0.308 e. The van der Waals surface area contributed by atoms with E-state index in [1.54, 1.807) is 12.1 Å². The Balaban J connectivity index is 2.41. The first-order valence-electron chi connectivity index (χ1n) is 4.71. The molecule has 1 aromatic rings. The Hall–Kier alpha value is -0.940. The van der Waals surface area contributed by atoms with E-state index in [2.05, 4.69) is 26.3 Å². The summed E-state index contributed by atoms with van der Waals surface area (Å²) in [5.74, 6) is 5.42. The van der Waals surface area contributed by atoms with Crippen LogP contribution in [0.2, 0.25) is 0 Å². The molecule has 0 aromatic heterocycles. The lowest BCUT2D eigenvalue weighted by atomic mass is 10.2. The third-order valence-corrected chi connectivity index (χ3v) is 2.86. The van der Waals surface area contributed by atoms with Gasteiger partial charge in [0.15, 0.2) is 0 Å². The van der Waals surface area contributed by atoms with Crippen LogP contribution in [0.4, 0.5) is 4.39 Å². The second kappa shape index (κ2) is 4.28. The number of hydrogen-bond acceptors (Lipinski definition) is 2. The van der Waals surface area contributed by atoms with Crippen molar-refractivity contribution in [2.24, 2.45) is 10.8 Å². The number of nitrogens with one attached hydrogen (secondary N) is 1. The molecule has 0 bridgehead atoms. The van der Waals surface area contributed by atoms with Crippen LogP contribution in [0.25, 0.3) is 0 Å². The van der Waals surface area contributed by atoms with E-state index in [0.717, 1.165) is 12.8 Å². The number of aliphatic imine (C=N–C) groups is 1. The topological polar surface area (TPSA) is 50.4 Å². The molecule has 0 radical (unpaired) electrons. The summed E-state index contributed by atoms with van der Waals surface area (Å²) in [6.45, 7) is 0. The van der Waals surface area contributed by atoms with Gasteiger partial charge >= 0.3 is 0 Å². The number of benzene rings is 1. The van der Waals surface area contributed by atoms with Crippen LogP contribution < -0.4 is 11.3 Å². The van der Waals surface area contributed by atoms with E-state index in [9.17, 15) is 4.39 Å². The molecule has 0 saturated heterocycles. The Morgan fingerprint density at radius 1 is 1.53 bits per heavy atom. The van der Waals surface area contributed by atoms with Crippen LogP contribution in [-0.4, -0.2) is 11.9 Å². The zero-order valence-corrected chi connectivity index (χ0v) is 9.59. The molecule has 5 heteroatoms. The zero-order valence-electron chi connectivity index (χ0n) is 8.00. The van der Waals surface area contributed by atoms with Crippen molar-refractivity contribution in [3.8, 4) is 0 Å². The van der Waals surface area contributed by atoms with Gasteiger partial charge in [0, 0.05) is 4.47 Å². The summed E-state index contributed by atoms with van der Waals surface area (Å²) in [7, 11) is 0. The average Bonchev–Trinajstić information content (AvgIpc) is 2.99. The zero-order chi connectivity index (χ0) is 10.8. The molecule has 1 fully saturated rings. The monoisotopic (exact) mass is 271 g/mol. The molecule has 1 aromatic carbocycles. The molecule has 80 valence electrons. The van der Waals surface area contributed by atoms with Gasteiger partial charge in [0.25, 0.3) is 0 Å². The summed E-state index contributed by atoms with van der Waals surface area (Å²) in [5.41, 5.74) is 2.85. The summed E-state index contributed by atoms with van der Waals surface area (Å²) >= 11 is 3.28. The predicted molar refractivity (Wildman–Crippen MR) is 61.0 cm³/mol. The van der Waals surface area contributed by atoms with Crippen molar-refractivity contribution in [2.75, 3.05) is 0 Å². The minimum atomic E-state index is -0.332. The molecular formula is C10H11BrFN3. The van der Waals surface area contributed by atoms with Crippen molar-refractivity contribution in [3.63, 3.8) is 0 Å². The summed E-state index contributed by atoms with van der Waals surface area (Å²) in [5, 5.41) is 0. The smallest absolute Gasteiger partial charge is 0.146 e. The van der Waals surface area contributed by atoms with Crippen LogP contribution in [-0.2, 0) is 0 Å². The molecule has 0 unspecified atom stereocenters. The van der Waals surface area contributed by atoms with E-state index >= 15 is 0 Å². The first-order chi connectivity index (χ1) is 7.22. The molecule has 3 nitrogen and oxygen atoms in total. The highest BCUT2D eigenvalue weighted by atomic mass is 79.9. The quantitative estimate of drug-likeness (QED) is 0.374. The first kappa shape index (κ1) is 10.6. The fraction of sp³-hybridized carbons (Fsp3) is 0.300. The van der Waals surface area contributed by atoms with Crippen molar-refractivity contribution in [1.29, 1.82) is 0 Å². The van der Waals surface area contributed by atoms with Gasteiger partial charge in [-0.3, -0.25) is 4.99 Å². The fourth-order valence-corrected chi connectivity index (χ4v) is 1.81. The number of nitrogens with zero attached hydrogens (tertiary/aromatic N) is 1. The second-order valence-electron chi connectivity index (χ2n) is 3.45. The normalized spacial score (nSPS) is 16.6. The minimum absolute atomic E-state index is 0.294. The molecule has 3 N–H and O–H groups in total. The molecule has 0 aliphatic heterocycles. The molecule has 0 amide bonds. The van der Waals surface area contributed by atoms with Crippen molar-refractivity contribution in [3.05, 3.63) is 34.1 Å². The lowest BCUT2D eigenvalue weighted by molar-refractivity contribution is 0.622. The molecule has 2 rings (SSSR count). The lowest BCUT2D eigenvalue weighted by Gasteiger charge is -2.08. The van der Waals surface area contributed by atoms with Gasteiger partial charge in [-0.2, -0.15) is 0 Å². The molecule has 1 aliphatic rings. The van der Waals surface area contributed by atoms with Gasteiger partial charge in [-0.15, -0.1) is 0 Å². The standard InChI is InChI=1S/C10H11BrFN3/c11-7-2-1-3-8(12)9(7)10(15-13)14-6-4-5-6/h1-3,6H,4-5,13H2,(H,14,15). The highest BCUT2D eigenvalue weighted by Crippen LogP contribution is 2.26. The van der Waals surface area contributed by atoms with Crippen molar-refractivity contribution < 1.29 is 4.39 Å². The third kappa shape index (κ3) is 2.35. The Bertz CT molecular complexity index is 381. The lowest BCUT2D eigenvalue weighted by Crippen LogP contribution is -2.32. The Morgan fingerprint density at radius 3 is 2.80 bits per heavy atom. The van der Waals surface area contributed by atoms with Crippen LogP contribution in [0.1, 0.15) is 18.4 Å². The second-order valence-corrected chi connectivity index (χ2v) is 4.30. The number of rotatable bonds is 2. The molecule has 0 atom stereocenters. The van der Waals surface area contributed by atoms with Crippen molar-refractivity contribution in [2.45, 2.75) is 18.9 Å². The van der Waals surface area contributed by atoms with Crippen LogP contribution in [0.15, 0.2) is 27.7 Å². The SMILES string of the molecule is NNC(=NC1CC1)c1c(F)cccc1Br. The van der Waals surface area contributed by atoms with Crippen LogP contribution in [0.3, 0.4) is 0 Å². The van der Waals surface area contributed by atoms with E-state index in [1.807, 2.05) is 0 Å². The van der Waals surface area contributed by atoms with E-state index in [-0.39, 0.29) is 5.82 Å². The third-order valence-electron chi connectivity index (χ3n) is 2.19. The molecule has 1 aliphatic carbocycles. The van der Waals surface area contributed by atoms with Gasteiger partial charge < -0.3 is 5.43 Å². The van der Waals surface area contributed by atoms with Gasteiger partial charge in [-0.25, -0.2) is 10.2 Å². The van der Waals surface area contributed by atoms with Crippen LogP contribution in [0.5, 0.6) is 0 Å². The largest absolute Gasteiger partial charge is 0.308 e. The predicted octanol–water partition coefficient (Wildman–Crippen LogP) is 1.96. The average molecular weight is 272 g/mol. The summed E-state index contributed by atoms with van der Waals surface area (Å²) in [6, 6.07) is 5.08. The maximum atomic E-state index is 13.6. The van der Waals surface area contributed by atoms with Crippen LogP contribution in [0, 0.1) is 5.82 Å². The summed E-state index contributed by atoms with van der Waals surface area (Å²) in [4.78, 5) is 4.31. The highest BCUT2D eigenvalue weighted by molar-refractivity contribution is 9.10. The molecule has 0 heterocycles. The highest BCUT2D eigenvalue weighted by Gasteiger charge is 2.22. The van der Waals surface area contributed by atoms with Gasteiger partial charge in [0.2, 0.25) is 0 Å². The Morgan fingerprint density at radius 2 is 2.27 bits per heavy atom. The summed E-state index contributed by atoms with van der Waals surface area (Å²) < 4.78 is 14.2. The Labute approximate surface area is 95.7 Å². The van der Waals surface area contributed by atoms with Gasteiger partial charge in [0.05, 0.1) is 11.6 Å². The van der Waals surface area contributed by atoms with Crippen molar-refractivity contribution in [1.82, 2.24) is 5.43 Å². The van der Waals surface area contributed by atoms with Crippen LogP contribution >= 0.6 is 15.9 Å². The van der Waals surface area contributed by atoms with Gasteiger partial charge in [-0.05, 0) is 40.9 Å². The van der Waals surface area contributed by atoms with E-state index < -0.39 is 0 Å². The molecule has 1 saturated carbocycles. The van der Waals surface area contributed by atoms with Gasteiger partial charge in [0.1, 0.15) is 11.7 Å². The number of hydrazine groups is 1. The van der Waals surface area contributed by atoms with Crippen molar-refractivity contribution >= 4 is 21.8 Å². The number of halogens is 2. The van der Waals surface area contributed by atoms with E-state index in [1.165, 1.54) is 6.07 Å². The maximum absolute atomic E-state index is 13.6. The fourth-order valence-electron chi connectivity index (χ4n) is 1.28. The van der Waals surface area contributed by atoms with Gasteiger partial charge in [-0.1, -0.05) is 6.07 Å². The number of nitrogens with two attached hydrogens (primary N) is 1. The number of hydrogen-bond donors (Lipinski definition) is 2. The summed E-state index contributed by atoms with van der Waals surface area (Å²) in [6.07, 6.45) is 2.11. The first-order valence-corrected chi connectivity index (χ1v) is 5.50. The van der Waals surface area contributed by atoms with E-state index in [4.69, 9.17) is 5.84 Å². The molecule has 0 spiro atoms. The molecular weight excluding hydrogens is 261 g/mol. The molecule has 15 heavy (non-hydrogen) atoms. The number of amidine groups is 1. The maximum Gasteiger partial charge on any atom is 0.146 e.